The number of nitrogens with zero attached hydrogens (tertiary/aromatic N) is 1. The van der Waals surface area contributed by atoms with Gasteiger partial charge >= 0.3 is 0 Å². The highest BCUT2D eigenvalue weighted by atomic mass is 32.2. The number of fused-ring (bicyclic) bond motifs is 1. The lowest BCUT2D eigenvalue weighted by molar-refractivity contribution is -0.126. The number of amides is 2. The largest absolute Gasteiger partial charge is 0.497 e. The van der Waals surface area contributed by atoms with Crippen LogP contribution in [0.15, 0.2) is 41.3 Å². The lowest BCUT2D eigenvalue weighted by Gasteiger charge is -2.31. The number of carbonyl (C=O) groups excluding carboxylic acids is 2. The molecule has 2 aliphatic rings. The third-order valence-corrected chi connectivity index (χ3v) is 7.78. The Labute approximate surface area is 198 Å². The minimum absolute atomic E-state index is 0.0409. The van der Waals surface area contributed by atoms with Gasteiger partial charge in [-0.3, -0.25) is 9.59 Å². The van der Waals surface area contributed by atoms with E-state index in [0.717, 1.165) is 5.56 Å². The van der Waals surface area contributed by atoms with Gasteiger partial charge in [0.15, 0.2) is 6.61 Å². The van der Waals surface area contributed by atoms with E-state index < -0.39 is 15.9 Å². The maximum atomic E-state index is 13.3. The Hall–Kier alpha value is -3.31. The van der Waals surface area contributed by atoms with E-state index in [1.807, 2.05) is 0 Å². The topological polar surface area (TPSA) is 123 Å². The second kappa shape index (κ2) is 9.90. The van der Waals surface area contributed by atoms with Crippen molar-refractivity contribution < 1.29 is 32.2 Å². The van der Waals surface area contributed by atoms with Crippen LogP contribution in [-0.2, 0) is 26.2 Å². The van der Waals surface area contributed by atoms with E-state index in [1.54, 1.807) is 32.4 Å². The number of hydrogen-bond donors (Lipinski definition) is 2. The molecule has 2 heterocycles. The van der Waals surface area contributed by atoms with Gasteiger partial charge in [-0.05, 0) is 49.2 Å². The first kappa shape index (κ1) is 23.8. The number of carbonyl (C=O) groups is 2. The van der Waals surface area contributed by atoms with Gasteiger partial charge in [-0.2, -0.15) is 4.31 Å². The number of hydrogen-bond acceptors (Lipinski definition) is 7. The minimum Gasteiger partial charge on any atom is -0.497 e. The third-order valence-electron chi connectivity index (χ3n) is 5.92. The number of piperidine rings is 1. The molecule has 182 valence electrons. The number of rotatable bonds is 7. The van der Waals surface area contributed by atoms with Gasteiger partial charge in [0, 0.05) is 25.2 Å². The molecule has 0 aliphatic carbocycles. The van der Waals surface area contributed by atoms with E-state index in [9.17, 15) is 18.0 Å². The summed E-state index contributed by atoms with van der Waals surface area (Å²) < 4.78 is 43.7. The summed E-state index contributed by atoms with van der Waals surface area (Å²) in [5.41, 5.74) is 1.07. The van der Waals surface area contributed by atoms with Gasteiger partial charge in [0.1, 0.15) is 17.2 Å². The molecule has 1 atom stereocenters. The first-order valence-electron chi connectivity index (χ1n) is 10.9. The van der Waals surface area contributed by atoms with Crippen LogP contribution in [0.1, 0.15) is 18.4 Å². The molecule has 0 bridgehead atoms. The molecule has 0 spiro atoms. The first-order chi connectivity index (χ1) is 16.3. The van der Waals surface area contributed by atoms with Crippen LogP contribution in [0, 0.1) is 5.92 Å². The van der Waals surface area contributed by atoms with Crippen LogP contribution in [0.4, 0.5) is 5.69 Å². The molecule has 4 rings (SSSR count). The van der Waals surface area contributed by atoms with Crippen molar-refractivity contribution in [2.75, 3.05) is 39.2 Å². The van der Waals surface area contributed by atoms with Crippen LogP contribution >= 0.6 is 0 Å². The van der Waals surface area contributed by atoms with E-state index >= 15 is 0 Å². The Bertz CT molecular complexity index is 1200. The van der Waals surface area contributed by atoms with Crippen LogP contribution in [0.2, 0.25) is 0 Å². The molecule has 0 saturated carbocycles. The van der Waals surface area contributed by atoms with Crippen molar-refractivity contribution in [1.29, 1.82) is 0 Å². The average molecular weight is 490 g/mol. The predicted octanol–water partition coefficient (Wildman–Crippen LogP) is 1.75. The average Bonchev–Trinajstić information content (AvgIpc) is 2.86. The van der Waals surface area contributed by atoms with Crippen LogP contribution < -0.4 is 24.8 Å². The minimum atomic E-state index is -3.86. The zero-order chi connectivity index (χ0) is 24.3. The number of benzene rings is 2. The molecule has 2 aliphatic heterocycles. The van der Waals surface area contributed by atoms with Crippen molar-refractivity contribution in [3.05, 3.63) is 42.0 Å². The fourth-order valence-electron chi connectivity index (χ4n) is 4.09. The van der Waals surface area contributed by atoms with Crippen molar-refractivity contribution in [3.63, 3.8) is 0 Å². The molecule has 34 heavy (non-hydrogen) atoms. The van der Waals surface area contributed by atoms with E-state index in [-0.39, 0.29) is 36.4 Å². The second-order valence-corrected chi connectivity index (χ2v) is 10.0. The number of methoxy groups -OCH3 is 2. The third kappa shape index (κ3) is 4.95. The van der Waals surface area contributed by atoms with Gasteiger partial charge in [0.25, 0.3) is 5.91 Å². The second-order valence-electron chi connectivity index (χ2n) is 8.09. The molecule has 1 fully saturated rings. The number of ether oxygens (including phenoxy) is 3. The summed E-state index contributed by atoms with van der Waals surface area (Å²) in [5, 5.41) is 5.51. The summed E-state index contributed by atoms with van der Waals surface area (Å²) in [7, 11) is -0.745. The Kier molecular flexibility index (Phi) is 6.94. The van der Waals surface area contributed by atoms with Gasteiger partial charge < -0.3 is 24.8 Å². The van der Waals surface area contributed by atoms with E-state index in [0.29, 0.717) is 42.3 Å². The highest BCUT2D eigenvalue weighted by Gasteiger charge is 2.34. The molecule has 2 N–H and O–H groups in total. The van der Waals surface area contributed by atoms with Gasteiger partial charge in [0.05, 0.1) is 30.7 Å². The molecule has 2 aromatic rings. The summed E-state index contributed by atoms with van der Waals surface area (Å²) in [5.74, 6) is 0.632. The predicted molar refractivity (Wildman–Crippen MR) is 123 cm³/mol. The lowest BCUT2D eigenvalue weighted by Crippen LogP contribution is -2.45. The molecule has 11 heteroatoms. The summed E-state index contributed by atoms with van der Waals surface area (Å²) >= 11 is 0. The number of nitrogens with one attached hydrogen (secondary N) is 2. The molecule has 2 amide bonds. The smallest absolute Gasteiger partial charge is 0.262 e. The van der Waals surface area contributed by atoms with Crippen LogP contribution in [-0.4, -0.2) is 58.5 Å². The quantitative estimate of drug-likeness (QED) is 0.607. The summed E-state index contributed by atoms with van der Waals surface area (Å²) in [6.45, 7) is 0.510. The van der Waals surface area contributed by atoms with E-state index in [2.05, 4.69) is 10.6 Å². The summed E-state index contributed by atoms with van der Waals surface area (Å²) in [6, 6.07) is 9.69. The van der Waals surface area contributed by atoms with Crippen molar-refractivity contribution >= 4 is 27.5 Å². The molecular formula is C23H27N3O7S. The normalized spacial score (nSPS) is 18.3. The van der Waals surface area contributed by atoms with Gasteiger partial charge in [-0.15, -0.1) is 0 Å². The Morgan fingerprint density at radius 1 is 1.21 bits per heavy atom. The molecule has 1 saturated heterocycles. The zero-order valence-electron chi connectivity index (χ0n) is 19.0. The number of sulfonamides is 1. The lowest BCUT2D eigenvalue weighted by atomic mass is 9.98. The number of anilines is 1. The maximum absolute atomic E-state index is 13.3. The molecule has 10 nitrogen and oxygen atoms in total. The van der Waals surface area contributed by atoms with Gasteiger partial charge in [-0.1, -0.05) is 0 Å². The van der Waals surface area contributed by atoms with Crippen molar-refractivity contribution in [2.24, 2.45) is 5.92 Å². The van der Waals surface area contributed by atoms with Crippen LogP contribution in [0.25, 0.3) is 0 Å². The Morgan fingerprint density at radius 3 is 2.79 bits per heavy atom. The Balaban J connectivity index is 1.44. The Morgan fingerprint density at radius 2 is 2.03 bits per heavy atom. The fraction of sp³-hybridized carbons (Fsp3) is 0.391. The monoisotopic (exact) mass is 489 g/mol. The molecular weight excluding hydrogens is 462 g/mol. The molecule has 1 unspecified atom stereocenters. The summed E-state index contributed by atoms with van der Waals surface area (Å²) in [4.78, 5) is 24.5. The SMILES string of the molecule is COc1ccc(OC)c(CNC(=O)C2CCCN(S(=O)(=O)c3ccc4c(c3)NC(=O)CO4)C2)c1. The van der Waals surface area contributed by atoms with Gasteiger partial charge in [-0.25, -0.2) is 8.42 Å². The summed E-state index contributed by atoms with van der Waals surface area (Å²) in [6.07, 6.45) is 1.14. The maximum Gasteiger partial charge on any atom is 0.262 e. The fourth-order valence-corrected chi connectivity index (χ4v) is 5.64. The highest BCUT2D eigenvalue weighted by molar-refractivity contribution is 7.89. The first-order valence-corrected chi connectivity index (χ1v) is 12.3. The zero-order valence-corrected chi connectivity index (χ0v) is 19.8. The van der Waals surface area contributed by atoms with Crippen molar-refractivity contribution in [1.82, 2.24) is 9.62 Å². The van der Waals surface area contributed by atoms with Gasteiger partial charge in [0.2, 0.25) is 15.9 Å². The van der Waals surface area contributed by atoms with Crippen molar-refractivity contribution in [2.45, 2.75) is 24.3 Å². The van der Waals surface area contributed by atoms with E-state index in [1.165, 1.54) is 22.5 Å². The highest BCUT2D eigenvalue weighted by Crippen LogP contribution is 2.32. The van der Waals surface area contributed by atoms with Crippen LogP contribution in [0.5, 0.6) is 17.2 Å². The molecule has 0 radical (unpaired) electrons. The molecule has 0 aromatic heterocycles. The standard InChI is InChI=1S/C23H27N3O7S/c1-31-17-5-7-20(32-2)16(10-17)12-24-23(28)15-4-3-9-26(13-15)34(29,30)18-6-8-21-19(11-18)25-22(27)14-33-21/h5-8,10-11,15H,3-4,9,12-14H2,1-2H3,(H,24,28)(H,25,27). The van der Waals surface area contributed by atoms with Crippen molar-refractivity contribution in [3.8, 4) is 17.2 Å². The van der Waals surface area contributed by atoms with Crippen LogP contribution in [0.3, 0.4) is 0 Å². The molecule has 2 aromatic carbocycles. The van der Waals surface area contributed by atoms with E-state index in [4.69, 9.17) is 14.2 Å².